The van der Waals surface area contributed by atoms with Crippen LogP contribution in [0.1, 0.15) is 18.7 Å². The van der Waals surface area contributed by atoms with Crippen LogP contribution in [0.2, 0.25) is 10.0 Å². The molecule has 6 heteroatoms. The van der Waals surface area contributed by atoms with Crippen LogP contribution in [0.25, 0.3) is 11.4 Å². The number of benzene rings is 1. The number of nitrogens with one attached hydrogen (secondary N) is 1. The number of halogens is 2. The fraction of sp³-hybridized carbons (Fsp3) is 0.385. The van der Waals surface area contributed by atoms with Gasteiger partial charge in [-0.1, -0.05) is 35.3 Å². The Morgan fingerprint density at radius 3 is 2.58 bits per heavy atom. The van der Waals surface area contributed by atoms with E-state index in [-0.39, 0.29) is 5.92 Å². The van der Waals surface area contributed by atoms with E-state index in [0.717, 1.165) is 18.7 Å². The van der Waals surface area contributed by atoms with E-state index in [9.17, 15) is 0 Å². The molecule has 100 valence electrons. The van der Waals surface area contributed by atoms with Crippen molar-refractivity contribution in [3.63, 3.8) is 0 Å². The van der Waals surface area contributed by atoms with Crippen LogP contribution < -0.4 is 5.32 Å². The van der Waals surface area contributed by atoms with Crippen molar-refractivity contribution in [2.75, 3.05) is 13.1 Å². The Hall–Kier alpha value is -1.10. The minimum atomic E-state index is 0.274. The number of rotatable bonds is 2. The average Bonchev–Trinajstić information content (AvgIpc) is 2.95. The van der Waals surface area contributed by atoms with E-state index in [1.165, 1.54) is 0 Å². The number of hydrogen-bond acceptors (Lipinski definition) is 4. The fourth-order valence-electron chi connectivity index (χ4n) is 2.33. The molecule has 1 aromatic carbocycles. The third-order valence-electron chi connectivity index (χ3n) is 3.40. The number of nitrogens with zero attached hydrogens (tertiary/aromatic N) is 2. The number of aromatic nitrogens is 2. The first-order valence-corrected chi connectivity index (χ1v) is 6.90. The predicted molar refractivity (Wildman–Crippen MR) is 74.5 cm³/mol. The normalized spacial score (nSPS) is 22.9. The zero-order chi connectivity index (χ0) is 13.4. The summed E-state index contributed by atoms with van der Waals surface area (Å²) in [7, 11) is 0. The van der Waals surface area contributed by atoms with Gasteiger partial charge in [-0.3, -0.25) is 0 Å². The van der Waals surface area contributed by atoms with Gasteiger partial charge >= 0.3 is 0 Å². The summed E-state index contributed by atoms with van der Waals surface area (Å²) in [6.45, 7) is 4.02. The molecule has 2 unspecified atom stereocenters. The Balaban J connectivity index is 1.92. The fourth-order valence-corrected chi connectivity index (χ4v) is 2.85. The Bertz CT molecular complexity index is 579. The van der Waals surface area contributed by atoms with Gasteiger partial charge in [-0.25, -0.2) is 0 Å². The second-order valence-corrected chi connectivity index (χ2v) is 5.73. The molecule has 1 fully saturated rings. The van der Waals surface area contributed by atoms with Crippen molar-refractivity contribution in [2.45, 2.75) is 12.8 Å². The summed E-state index contributed by atoms with van der Waals surface area (Å²) >= 11 is 12.0. The average molecular weight is 298 g/mol. The van der Waals surface area contributed by atoms with Gasteiger partial charge in [0.25, 0.3) is 0 Å². The first kappa shape index (κ1) is 12.9. The molecule has 0 saturated carbocycles. The smallest absolute Gasteiger partial charge is 0.231 e. The van der Waals surface area contributed by atoms with Crippen LogP contribution >= 0.6 is 23.2 Å². The molecule has 0 radical (unpaired) electrons. The lowest BCUT2D eigenvalue weighted by molar-refractivity contribution is 0.340. The molecule has 0 aliphatic carbocycles. The predicted octanol–water partition coefficient (Wildman–Crippen LogP) is 3.37. The molecule has 1 N–H and O–H groups in total. The summed E-state index contributed by atoms with van der Waals surface area (Å²) in [5, 5.41) is 8.45. The highest BCUT2D eigenvalue weighted by Gasteiger charge is 2.29. The zero-order valence-electron chi connectivity index (χ0n) is 10.4. The molecule has 2 heterocycles. The maximum Gasteiger partial charge on any atom is 0.231 e. The Labute approximate surface area is 121 Å². The van der Waals surface area contributed by atoms with E-state index >= 15 is 0 Å². The van der Waals surface area contributed by atoms with E-state index in [1.54, 1.807) is 18.2 Å². The molecule has 1 aromatic heterocycles. The van der Waals surface area contributed by atoms with Crippen LogP contribution in [0.3, 0.4) is 0 Å². The van der Waals surface area contributed by atoms with Gasteiger partial charge in [0, 0.05) is 22.2 Å². The molecule has 4 nitrogen and oxygen atoms in total. The Morgan fingerprint density at radius 2 is 1.95 bits per heavy atom. The molecule has 0 spiro atoms. The largest absolute Gasteiger partial charge is 0.339 e. The monoisotopic (exact) mass is 297 g/mol. The van der Waals surface area contributed by atoms with Gasteiger partial charge in [0.2, 0.25) is 11.7 Å². The molecular formula is C13H13Cl2N3O. The standard InChI is InChI=1S/C13H13Cl2N3O/c1-7-5-16-6-11(7)13-17-12(18-19-13)8-2-9(14)4-10(15)3-8/h2-4,7,11,16H,5-6H2,1H3. The topological polar surface area (TPSA) is 51.0 Å². The van der Waals surface area contributed by atoms with Crippen molar-refractivity contribution in [2.24, 2.45) is 5.92 Å². The summed E-state index contributed by atoms with van der Waals surface area (Å²) in [6, 6.07) is 5.23. The molecule has 1 aliphatic rings. The van der Waals surface area contributed by atoms with Gasteiger partial charge in [0.15, 0.2) is 0 Å². The third-order valence-corrected chi connectivity index (χ3v) is 3.83. The van der Waals surface area contributed by atoms with Gasteiger partial charge < -0.3 is 9.84 Å². The van der Waals surface area contributed by atoms with Crippen molar-refractivity contribution in [3.05, 3.63) is 34.1 Å². The van der Waals surface area contributed by atoms with Gasteiger partial charge in [-0.2, -0.15) is 4.98 Å². The third kappa shape index (κ3) is 2.61. The van der Waals surface area contributed by atoms with Crippen LogP contribution in [0.5, 0.6) is 0 Å². The quantitative estimate of drug-likeness (QED) is 0.923. The Kier molecular flexibility index (Phi) is 3.48. The summed E-state index contributed by atoms with van der Waals surface area (Å²) in [6.07, 6.45) is 0. The highest BCUT2D eigenvalue weighted by molar-refractivity contribution is 6.35. The van der Waals surface area contributed by atoms with Crippen LogP contribution in [0.4, 0.5) is 0 Å². The molecule has 0 bridgehead atoms. The first-order valence-electron chi connectivity index (χ1n) is 6.14. The van der Waals surface area contributed by atoms with Crippen LogP contribution in [-0.2, 0) is 0 Å². The SMILES string of the molecule is CC1CNCC1c1nc(-c2cc(Cl)cc(Cl)c2)no1. The molecule has 1 saturated heterocycles. The second-order valence-electron chi connectivity index (χ2n) is 4.86. The maximum absolute atomic E-state index is 5.98. The van der Waals surface area contributed by atoms with E-state index in [4.69, 9.17) is 27.7 Å². The Morgan fingerprint density at radius 1 is 1.21 bits per heavy atom. The van der Waals surface area contributed by atoms with Crippen molar-refractivity contribution in [1.82, 2.24) is 15.5 Å². The summed E-state index contributed by atoms with van der Waals surface area (Å²) in [5.74, 6) is 1.97. The maximum atomic E-state index is 5.98. The van der Waals surface area contributed by atoms with Crippen molar-refractivity contribution < 1.29 is 4.52 Å². The lowest BCUT2D eigenvalue weighted by atomic mass is 9.98. The van der Waals surface area contributed by atoms with Gasteiger partial charge in [-0.05, 0) is 30.7 Å². The zero-order valence-corrected chi connectivity index (χ0v) is 11.9. The summed E-state index contributed by atoms with van der Waals surface area (Å²) < 4.78 is 5.37. The van der Waals surface area contributed by atoms with Crippen LogP contribution in [-0.4, -0.2) is 23.2 Å². The molecule has 1 aliphatic heterocycles. The molecule has 2 aromatic rings. The van der Waals surface area contributed by atoms with Gasteiger partial charge in [0.1, 0.15) is 0 Å². The van der Waals surface area contributed by atoms with Crippen molar-refractivity contribution >= 4 is 23.2 Å². The minimum Gasteiger partial charge on any atom is -0.339 e. The molecule has 19 heavy (non-hydrogen) atoms. The van der Waals surface area contributed by atoms with Crippen molar-refractivity contribution in [3.8, 4) is 11.4 Å². The highest BCUT2D eigenvalue weighted by atomic mass is 35.5. The van der Waals surface area contributed by atoms with Crippen LogP contribution in [0.15, 0.2) is 22.7 Å². The summed E-state index contributed by atoms with van der Waals surface area (Å²) in [4.78, 5) is 4.46. The summed E-state index contributed by atoms with van der Waals surface area (Å²) in [5.41, 5.74) is 0.770. The molecular weight excluding hydrogens is 285 g/mol. The van der Waals surface area contributed by atoms with E-state index in [2.05, 4.69) is 22.4 Å². The molecule has 2 atom stereocenters. The first-order chi connectivity index (χ1) is 9.13. The van der Waals surface area contributed by atoms with E-state index < -0.39 is 0 Å². The molecule has 3 rings (SSSR count). The molecule has 0 amide bonds. The van der Waals surface area contributed by atoms with E-state index in [0.29, 0.717) is 27.7 Å². The number of hydrogen-bond donors (Lipinski definition) is 1. The van der Waals surface area contributed by atoms with E-state index in [1.807, 2.05) is 0 Å². The highest BCUT2D eigenvalue weighted by Crippen LogP contribution is 2.30. The van der Waals surface area contributed by atoms with Crippen LogP contribution in [0, 0.1) is 5.92 Å². The lowest BCUT2D eigenvalue weighted by Crippen LogP contribution is -2.08. The minimum absolute atomic E-state index is 0.274. The van der Waals surface area contributed by atoms with Gasteiger partial charge in [-0.15, -0.1) is 0 Å². The second kappa shape index (κ2) is 5.12. The lowest BCUT2D eigenvalue weighted by Gasteiger charge is -2.07. The van der Waals surface area contributed by atoms with Gasteiger partial charge in [0.05, 0.1) is 5.92 Å². The van der Waals surface area contributed by atoms with Crippen molar-refractivity contribution in [1.29, 1.82) is 0 Å².